The highest BCUT2D eigenvalue weighted by molar-refractivity contribution is 5.64. The van der Waals surface area contributed by atoms with Gasteiger partial charge in [0.1, 0.15) is 17.5 Å². The summed E-state index contributed by atoms with van der Waals surface area (Å²) in [5.74, 6) is 1.18. The van der Waals surface area contributed by atoms with Gasteiger partial charge in [0.2, 0.25) is 0 Å². The van der Waals surface area contributed by atoms with Crippen LogP contribution < -0.4 is 0 Å². The van der Waals surface area contributed by atoms with Gasteiger partial charge < -0.3 is 0 Å². The van der Waals surface area contributed by atoms with Gasteiger partial charge >= 0.3 is 0 Å². The Morgan fingerprint density at radius 2 is 1.53 bits per heavy atom. The van der Waals surface area contributed by atoms with E-state index in [9.17, 15) is 13.2 Å². The van der Waals surface area contributed by atoms with Crippen molar-refractivity contribution in [3.05, 3.63) is 59.4 Å². The smallest absolute Gasteiger partial charge is 0.131 e. The Morgan fingerprint density at radius 1 is 0.800 bits per heavy atom. The third-order valence-electron chi connectivity index (χ3n) is 7.58. The van der Waals surface area contributed by atoms with Crippen LogP contribution in [0, 0.1) is 35.2 Å². The number of halogens is 3. The van der Waals surface area contributed by atoms with E-state index in [-0.39, 0.29) is 16.9 Å². The average molecular weight is 415 g/mol. The first-order chi connectivity index (χ1) is 14.5. The van der Waals surface area contributed by atoms with E-state index < -0.39 is 11.6 Å². The zero-order valence-corrected chi connectivity index (χ0v) is 18.0. The van der Waals surface area contributed by atoms with Crippen LogP contribution >= 0.6 is 0 Å². The van der Waals surface area contributed by atoms with Crippen molar-refractivity contribution in [2.75, 3.05) is 0 Å². The number of fused-ring (bicyclic) bond motifs is 1. The molecule has 2 saturated carbocycles. The molecule has 0 amide bonds. The van der Waals surface area contributed by atoms with E-state index in [4.69, 9.17) is 0 Å². The summed E-state index contributed by atoms with van der Waals surface area (Å²) in [6, 6.07) is 8.43. The van der Waals surface area contributed by atoms with Crippen LogP contribution in [0.2, 0.25) is 0 Å². The van der Waals surface area contributed by atoms with Gasteiger partial charge in [-0.25, -0.2) is 13.2 Å². The molecule has 0 aliphatic heterocycles. The van der Waals surface area contributed by atoms with Gasteiger partial charge in [-0.05, 0) is 85.1 Å². The molecule has 2 aliphatic carbocycles. The Bertz CT molecular complexity index is 839. The lowest BCUT2D eigenvalue weighted by Crippen LogP contribution is -2.30. The van der Waals surface area contributed by atoms with E-state index in [0.717, 1.165) is 42.2 Å². The molecule has 3 heteroatoms. The highest BCUT2D eigenvalue weighted by atomic mass is 19.1. The summed E-state index contributed by atoms with van der Waals surface area (Å²) in [5, 5.41) is 0. The molecule has 0 radical (unpaired) electrons. The molecule has 4 rings (SSSR count). The van der Waals surface area contributed by atoms with Crippen molar-refractivity contribution in [2.24, 2.45) is 17.8 Å². The van der Waals surface area contributed by atoms with Gasteiger partial charge in [0.25, 0.3) is 0 Å². The normalized spacial score (nSPS) is 26.4. The maximum Gasteiger partial charge on any atom is 0.131 e. The molecular formula is C27H33F3. The van der Waals surface area contributed by atoms with E-state index in [1.165, 1.54) is 63.5 Å². The summed E-state index contributed by atoms with van der Waals surface area (Å²) in [4.78, 5) is 0. The predicted molar refractivity (Wildman–Crippen MR) is 117 cm³/mol. The number of hydrogen-bond donors (Lipinski definition) is 0. The number of unbranched alkanes of at least 4 members (excludes halogenated alkanes) is 2. The summed E-state index contributed by atoms with van der Waals surface area (Å²) in [7, 11) is 0. The first kappa shape index (κ1) is 21.5. The van der Waals surface area contributed by atoms with Crippen molar-refractivity contribution in [2.45, 2.75) is 77.0 Å². The van der Waals surface area contributed by atoms with E-state index in [0.29, 0.717) is 5.92 Å². The monoisotopic (exact) mass is 414 g/mol. The van der Waals surface area contributed by atoms with Crippen LogP contribution in [0.5, 0.6) is 0 Å². The van der Waals surface area contributed by atoms with E-state index in [1.807, 2.05) is 6.07 Å². The largest absolute Gasteiger partial charge is 0.207 e. The molecule has 0 bridgehead atoms. The molecule has 0 N–H and O–H groups in total. The summed E-state index contributed by atoms with van der Waals surface area (Å²) >= 11 is 0. The molecule has 0 saturated heterocycles. The second-order valence-electron chi connectivity index (χ2n) is 9.60. The molecule has 0 spiro atoms. The van der Waals surface area contributed by atoms with Crippen LogP contribution in [-0.2, 0) is 0 Å². The molecular weight excluding hydrogens is 381 g/mol. The SMILES string of the molecule is CCCCCC1CC[C@@H]2C[C@H](c3ccc(-c4cc(F)cc(F)c4)c(F)c3)CC[C@@H]2C1. The molecule has 30 heavy (non-hydrogen) atoms. The molecule has 0 heterocycles. The molecule has 2 aliphatic rings. The molecule has 4 atom stereocenters. The summed E-state index contributed by atoms with van der Waals surface area (Å²) in [6.07, 6.45) is 13.0. The molecule has 1 unspecified atom stereocenters. The average Bonchev–Trinajstić information content (AvgIpc) is 2.72. The van der Waals surface area contributed by atoms with Crippen molar-refractivity contribution in [1.82, 2.24) is 0 Å². The molecule has 2 aromatic rings. The van der Waals surface area contributed by atoms with Crippen molar-refractivity contribution >= 4 is 0 Å². The number of benzene rings is 2. The van der Waals surface area contributed by atoms with Gasteiger partial charge in [0, 0.05) is 11.6 Å². The first-order valence-electron chi connectivity index (χ1n) is 11.8. The second kappa shape index (κ2) is 9.58. The minimum absolute atomic E-state index is 0.252. The van der Waals surface area contributed by atoms with Crippen LogP contribution in [0.1, 0.15) is 82.6 Å². The molecule has 2 fully saturated rings. The third kappa shape index (κ3) is 4.92. The van der Waals surface area contributed by atoms with Gasteiger partial charge in [0.15, 0.2) is 0 Å². The zero-order valence-electron chi connectivity index (χ0n) is 18.0. The maximum atomic E-state index is 14.8. The molecule has 0 nitrogen and oxygen atoms in total. The van der Waals surface area contributed by atoms with Gasteiger partial charge in [-0.3, -0.25) is 0 Å². The van der Waals surface area contributed by atoms with Crippen LogP contribution in [0.3, 0.4) is 0 Å². The Hall–Kier alpha value is -1.77. The first-order valence-corrected chi connectivity index (χ1v) is 11.8. The lowest BCUT2D eigenvalue weighted by atomic mass is 9.63. The number of hydrogen-bond acceptors (Lipinski definition) is 0. The van der Waals surface area contributed by atoms with Crippen molar-refractivity contribution in [1.29, 1.82) is 0 Å². The Kier molecular flexibility index (Phi) is 6.85. The quantitative estimate of drug-likeness (QED) is 0.415. The molecule has 162 valence electrons. The van der Waals surface area contributed by atoms with Gasteiger partial charge in [0.05, 0.1) is 0 Å². The van der Waals surface area contributed by atoms with Crippen LogP contribution in [0.15, 0.2) is 36.4 Å². The highest BCUT2D eigenvalue weighted by Gasteiger charge is 2.35. The van der Waals surface area contributed by atoms with Crippen LogP contribution in [-0.4, -0.2) is 0 Å². The maximum absolute atomic E-state index is 14.8. The fourth-order valence-corrected chi connectivity index (χ4v) is 5.96. The van der Waals surface area contributed by atoms with Crippen molar-refractivity contribution in [3.63, 3.8) is 0 Å². The Balaban J connectivity index is 1.41. The summed E-state index contributed by atoms with van der Waals surface area (Å²) < 4.78 is 41.9. The van der Waals surface area contributed by atoms with Crippen molar-refractivity contribution < 1.29 is 13.2 Å². The molecule has 0 aromatic heterocycles. The fourth-order valence-electron chi connectivity index (χ4n) is 5.96. The van der Waals surface area contributed by atoms with Crippen molar-refractivity contribution in [3.8, 4) is 11.1 Å². The Labute approximate surface area is 178 Å². The third-order valence-corrected chi connectivity index (χ3v) is 7.58. The van der Waals surface area contributed by atoms with Crippen LogP contribution in [0.25, 0.3) is 11.1 Å². The van der Waals surface area contributed by atoms with E-state index >= 15 is 0 Å². The topological polar surface area (TPSA) is 0 Å². The lowest BCUT2D eigenvalue weighted by Gasteiger charge is -2.42. The van der Waals surface area contributed by atoms with Crippen LogP contribution in [0.4, 0.5) is 13.2 Å². The predicted octanol–water partition coefficient (Wildman–Crippen LogP) is 8.65. The second-order valence-corrected chi connectivity index (χ2v) is 9.60. The minimum atomic E-state index is -0.683. The van der Waals surface area contributed by atoms with Gasteiger partial charge in [-0.2, -0.15) is 0 Å². The standard InChI is InChI=1S/C27H33F3/c1-2-3-4-5-18-6-7-20-13-21(9-8-19(20)12-18)22-10-11-26(27(30)16-22)23-14-24(28)17-25(29)15-23/h10-11,14-21H,2-9,12-13H2,1H3/t18?,19-,20-,21-/m1/s1. The zero-order chi connectivity index (χ0) is 21.1. The highest BCUT2D eigenvalue weighted by Crippen LogP contribution is 2.48. The molecule has 2 aromatic carbocycles. The van der Waals surface area contributed by atoms with Gasteiger partial charge in [-0.15, -0.1) is 0 Å². The lowest BCUT2D eigenvalue weighted by molar-refractivity contribution is 0.113. The summed E-state index contributed by atoms with van der Waals surface area (Å²) in [6.45, 7) is 2.27. The summed E-state index contributed by atoms with van der Waals surface area (Å²) in [5.41, 5.74) is 1.55. The Morgan fingerprint density at radius 3 is 2.27 bits per heavy atom. The van der Waals surface area contributed by atoms with E-state index in [1.54, 1.807) is 12.1 Å². The van der Waals surface area contributed by atoms with E-state index in [2.05, 4.69) is 6.92 Å². The fraction of sp³-hybridized carbons (Fsp3) is 0.556. The number of rotatable bonds is 6. The minimum Gasteiger partial charge on any atom is -0.207 e. The van der Waals surface area contributed by atoms with Gasteiger partial charge in [-0.1, -0.05) is 51.2 Å².